The number of carbonyl (C=O) groups excluding carboxylic acids is 2. The second kappa shape index (κ2) is 8.88. The lowest BCUT2D eigenvalue weighted by molar-refractivity contribution is -0.133. The van der Waals surface area contributed by atoms with E-state index in [4.69, 9.17) is 4.74 Å². The van der Waals surface area contributed by atoms with Crippen molar-refractivity contribution in [2.24, 2.45) is 0 Å². The molecule has 3 aromatic carbocycles. The molecule has 7 heteroatoms. The minimum Gasteiger partial charge on any atom is -0.508 e. The molecule has 6 nitrogen and oxygen atoms in total. The van der Waals surface area contributed by atoms with Crippen LogP contribution in [0.25, 0.3) is 0 Å². The maximum atomic E-state index is 12.7. The first-order valence-corrected chi connectivity index (χ1v) is 11.4. The Morgan fingerprint density at radius 2 is 1.52 bits per heavy atom. The van der Waals surface area contributed by atoms with Gasteiger partial charge >= 0.3 is 5.97 Å². The highest BCUT2D eigenvalue weighted by atomic mass is 31.1. The quantitative estimate of drug-likeness (QED) is 0.366. The van der Waals surface area contributed by atoms with E-state index >= 15 is 0 Å². The standard InChI is InChI=1S/C24H23N2O4P/c1-16(27)26-24(19-12-6-8-14-21(19)29)31(18-10-4-3-5-11-18)23(25-26)20-13-7-9-15-22(20)30-17(2)28/h3-15,23-25,29H,1-2H3/t23-,24?,31+/m1/s1. The summed E-state index contributed by atoms with van der Waals surface area (Å²) >= 11 is 0. The number of nitrogens with one attached hydrogen (secondary N) is 1. The van der Waals surface area contributed by atoms with Gasteiger partial charge in [0, 0.05) is 25.0 Å². The van der Waals surface area contributed by atoms with Crippen molar-refractivity contribution in [1.29, 1.82) is 0 Å². The molecule has 1 saturated heterocycles. The zero-order valence-electron chi connectivity index (χ0n) is 17.2. The van der Waals surface area contributed by atoms with Crippen molar-refractivity contribution in [1.82, 2.24) is 10.4 Å². The van der Waals surface area contributed by atoms with E-state index in [-0.39, 0.29) is 17.4 Å². The van der Waals surface area contributed by atoms with Crippen molar-refractivity contribution < 1.29 is 19.4 Å². The Morgan fingerprint density at radius 1 is 0.903 bits per heavy atom. The number of aromatic hydroxyl groups is 1. The summed E-state index contributed by atoms with van der Waals surface area (Å²) in [5.41, 5.74) is 4.82. The van der Waals surface area contributed by atoms with Gasteiger partial charge in [-0.25, -0.2) is 5.43 Å². The third-order valence-corrected chi connectivity index (χ3v) is 8.00. The highest BCUT2D eigenvalue weighted by Crippen LogP contribution is 2.66. The smallest absolute Gasteiger partial charge is 0.308 e. The Labute approximate surface area is 182 Å². The van der Waals surface area contributed by atoms with Crippen LogP contribution in [0.1, 0.15) is 36.5 Å². The predicted molar refractivity (Wildman–Crippen MR) is 120 cm³/mol. The fraction of sp³-hybridized carbons (Fsp3) is 0.167. The fourth-order valence-corrected chi connectivity index (χ4v) is 6.99. The summed E-state index contributed by atoms with van der Waals surface area (Å²) in [7, 11) is -1.11. The SMILES string of the molecule is CC(=O)Oc1ccccc1[C@@H]1NN(C(C)=O)C(c2ccccc2O)[P@@]1c1ccccc1. The van der Waals surface area contributed by atoms with Gasteiger partial charge in [0.05, 0.1) is 5.78 Å². The molecule has 0 radical (unpaired) electrons. The highest BCUT2D eigenvalue weighted by Gasteiger charge is 2.46. The van der Waals surface area contributed by atoms with Gasteiger partial charge in [-0.05, 0) is 25.4 Å². The predicted octanol–water partition coefficient (Wildman–Crippen LogP) is 4.19. The molecule has 3 aromatic rings. The van der Waals surface area contributed by atoms with Crippen LogP contribution in [0.2, 0.25) is 0 Å². The number of nitrogens with zero attached hydrogens (tertiary/aromatic N) is 1. The van der Waals surface area contributed by atoms with Crippen LogP contribution in [0.5, 0.6) is 11.5 Å². The number of phenolic OH excluding ortho intramolecular Hbond substituents is 1. The minimum absolute atomic E-state index is 0.137. The van der Waals surface area contributed by atoms with Crippen molar-refractivity contribution in [2.45, 2.75) is 25.4 Å². The van der Waals surface area contributed by atoms with Crippen LogP contribution >= 0.6 is 7.92 Å². The first-order valence-electron chi connectivity index (χ1n) is 9.92. The van der Waals surface area contributed by atoms with Gasteiger partial charge in [0.15, 0.2) is 0 Å². The van der Waals surface area contributed by atoms with E-state index in [1.807, 2.05) is 60.7 Å². The second-order valence-corrected chi connectivity index (χ2v) is 9.56. The topological polar surface area (TPSA) is 78.9 Å². The Bertz CT molecular complexity index is 1110. The van der Waals surface area contributed by atoms with Crippen molar-refractivity contribution in [2.75, 3.05) is 0 Å². The number of hydrogen-bond acceptors (Lipinski definition) is 5. The first kappa shape index (κ1) is 21.0. The number of rotatable bonds is 4. The van der Waals surface area contributed by atoms with Crippen LogP contribution in [0.15, 0.2) is 78.9 Å². The van der Waals surface area contributed by atoms with Crippen LogP contribution in [-0.2, 0) is 9.59 Å². The van der Waals surface area contributed by atoms with Gasteiger partial charge in [-0.3, -0.25) is 14.6 Å². The Hall–Kier alpha value is -3.21. The third kappa shape index (κ3) is 4.18. The fourth-order valence-electron chi connectivity index (χ4n) is 3.85. The monoisotopic (exact) mass is 434 g/mol. The summed E-state index contributed by atoms with van der Waals surface area (Å²) in [4.78, 5) is 24.4. The summed E-state index contributed by atoms with van der Waals surface area (Å²) in [5.74, 6) is -0.678. The number of ether oxygens (including phenoxy) is 1. The maximum Gasteiger partial charge on any atom is 0.308 e. The molecular weight excluding hydrogens is 411 g/mol. The average Bonchev–Trinajstić information content (AvgIpc) is 3.15. The number of hydrazine groups is 1. The van der Waals surface area contributed by atoms with Gasteiger partial charge < -0.3 is 9.84 Å². The number of carbonyl (C=O) groups is 2. The molecule has 1 aliphatic heterocycles. The third-order valence-electron chi connectivity index (χ3n) is 5.12. The Kier molecular flexibility index (Phi) is 6.03. The molecular formula is C24H23N2O4P. The molecule has 0 spiro atoms. The van der Waals surface area contributed by atoms with Crippen LogP contribution in [0.3, 0.4) is 0 Å². The lowest BCUT2D eigenvalue weighted by Crippen LogP contribution is -2.37. The van der Waals surface area contributed by atoms with Gasteiger partial charge in [-0.15, -0.1) is 0 Å². The zero-order chi connectivity index (χ0) is 22.0. The van der Waals surface area contributed by atoms with E-state index in [2.05, 4.69) is 5.43 Å². The molecule has 1 heterocycles. The van der Waals surface area contributed by atoms with Crippen molar-refractivity contribution in [3.8, 4) is 11.5 Å². The van der Waals surface area contributed by atoms with Crippen LogP contribution in [0.4, 0.5) is 0 Å². The normalized spacial score (nSPS) is 20.5. The minimum atomic E-state index is -1.11. The van der Waals surface area contributed by atoms with Crippen LogP contribution in [-0.4, -0.2) is 22.0 Å². The summed E-state index contributed by atoms with van der Waals surface area (Å²) in [6, 6.07) is 24.4. The van der Waals surface area contributed by atoms with E-state index in [1.54, 1.807) is 23.2 Å². The number of phenols is 1. The van der Waals surface area contributed by atoms with E-state index in [9.17, 15) is 14.7 Å². The molecule has 4 rings (SSSR count). The van der Waals surface area contributed by atoms with Gasteiger partial charge in [0.1, 0.15) is 17.3 Å². The Balaban J connectivity index is 1.91. The van der Waals surface area contributed by atoms with E-state index in [1.165, 1.54) is 13.8 Å². The molecule has 0 aliphatic carbocycles. The van der Waals surface area contributed by atoms with Gasteiger partial charge in [0.25, 0.3) is 0 Å². The number of amides is 1. The number of esters is 1. The molecule has 31 heavy (non-hydrogen) atoms. The molecule has 2 N–H and O–H groups in total. The molecule has 1 fully saturated rings. The lowest BCUT2D eigenvalue weighted by atomic mass is 10.2. The van der Waals surface area contributed by atoms with Gasteiger partial charge in [0.2, 0.25) is 5.91 Å². The summed E-state index contributed by atoms with van der Waals surface area (Å²) in [6.07, 6.45) is 0. The summed E-state index contributed by atoms with van der Waals surface area (Å²) in [6.45, 7) is 2.87. The first-order chi connectivity index (χ1) is 15.0. The average molecular weight is 434 g/mol. The molecule has 3 atom stereocenters. The lowest BCUT2D eigenvalue weighted by Gasteiger charge is -2.28. The van der Waals surface area contributed by atoms with Gasteiger partial charge in [-0.2, -0.15) is 0 Å². The summed E-state index contributed by atoms with van der Waals surface area (Å²) < 4.78 is 5.48. The largest absolute Gasteiger partial charge is 0.508 e. The van der Waals surface area contributed by atoms with Gasteiger partial charge in [-0.1, -0.05) is 66.7 Å². The van der Waals surface area contributed by atoms with Crippen molar-refractivity contribution >= 4 is 25.1 Å². The molecule has 0 aromatic heterocycles. The number of hydrogen-bond donors (Lipinski definition) is 2. The van der Waals surface area contributed by atoms with Crippen LogP contribution in [0, 0.1) is 0 Å². The van der Waals surface area contributed by atoms with Crippen molar-refractivity contribution in [3.63, 3.8) is 0 Å². The molecule has 1 unspecified atom stereocenters. The maximum absolute atomic E-state index is 12.7. The molecule has 0 saturated carbocycles. The molecule has 1 amide bonds. The van der Waals surface area contributed by atoms with Crippen LogP contribution < -0.4 is 15.5 Å². The van der Waals surface area contributed by atoms with Crippen molar-refractivity contribution in [3.05, 3.63) is 90.0 Å². The second-order valence-electron chi connectivity index (χ2n) is 7.23. The zero-order valence-corrected chi connectivity index (χ0v) is 18.1. The van der Waals surface area contributed by atoms with E-state index < -0.39 is 19.7 Å². The Morgan fingerprint density at radius 3 is 2.16 bits per heavy atom. The molecule has 158 valence electrons. The van der Waals surface area contributed by atoms with E-state index in [0.29, 0.717) is 11.3 Å². The molecule has 0 bridgehead atoms. The highest BCUT2D eigenvalue weighted by molar-refractivity contribution is 7.66. The number of para-hydroxylation sites is 2. The number of benzene rings is 3. The van der Waals surface area contributed by atoms with E-state index in [0.717, 1.165) is 10.9 Å². The summed E-state index contributed by atoms with van der Waals surface area (Å²) in [5, 5.41) is 13.3. The molecule has 1 aliphatic rings.